The minimum Gasteiger partial charge on any atom is -0.391 e. The molecule has 0 bridgehead atoms. The van der Waals surface area contributed by atoms with Gasteiger partial charge >= 0.3 is 0 Å². The zero-order valence-corrected chi connectivity index (χ0v) is 7.09. The lowest BCUT2D eigenvalue weighted by molar-refractivity contribution is 0.0636. The van der Waals surface area contributed by atoms with E-state index in [2.05, 4.69) is 22.6 Å². The summed E-state index contributed by atoms with van der Waals surface area (Å²) in [6.07, 6.45) is 0.561. The van der Waals surface area contributed by atoms with Crippen molar-refractivity contribution in [2.45, 2.75) is 12.5 Å². The molecular formula is C5H11IO2. The second-order valence-electron chi connectivity index (χ2n) is 1.59. The molecular weight excluding hydrogens is 219 g/mol. The lowest BCUT2D eigenvalue weighted by Crippen LogP contribution is -2.13. The second kappa shape index (κ2) is 5.78. The van der Waals surface area contributed by atoms with E-state index in [9.17, 15) is 0 Å². The van der Waals surface area contributed by atoms with E-state index in [1.54, 1.807) is 7.11 Å². The van der Waals surface area contributed by atoms with Gasteiger partial charge in [-0.1, -0.05) is 22.6 Å². The number of ether oxygens (including phenoxy) is 1. The van der Waals surface area contributed by atoms with Crippen LogP contribution >= 0.6 is 22.6 Å². The van der Waals surface area contributed by atoms with Crippen molar-refractivity contribution in [2.24, 2.45) is 0 Å². The van der Waals surface area contributed by atoms with Crippen LogP contribution in [0.4, 0.5) is 0 Å². The van der Waals surface area contributed by atoms with Gasteiger partial charge in [0.1, 0.15) is 0 Å². The molecule has 8 heavy (non-hydrogen) atoms. The maximum absolute atomic E-state index is 8.92. The Labute approximate surface area is 63.4 Å². The summed E-state index contributed by atoms with van der Waals surface area (Å²) in [6.45, 7) is 0.461. The number of hydrogen-bond donors (Lipinski definition) is 1. The van der Waals surface area contributed by atoms with Crippen molar-refractivity contribution in [3.8, 4) is 0 Å². The molecule has 0 aliphatic heterocycles. The van der Waals surface area contributed by atoms with Crippen molar-refractivity contribution in [2.75, 3.05) is 18.1 Å². The second-order valence-corrected chi connectivity index (χ2v) is 2.67. The van der Waals surface area contributed by atoms with Crippen LogP contribution in [0, 0.1) is 0 Å². The predicted octanol–water partition coefficient (Wildman–Crippen LogP) is 0.819. The minimum absolute atomic E-state index is 0.267. The maximum atomic E-state index is 8.92. The van der Waals surface area contributed by atoms with E-state index >= 15 is 0 Å². The summed E-state index contributed by atoms with van der Waals surface area (Å²) in [4.78, 5) is 0. The molecule has 0 saturated carbocycles. The molecule has 0 unspecified atom stereocenters. The lowest BCUT2D eigenvalue weighted by Gasteiger charge is -2.04. The Balaban J connectivity index is 2.92. The van der Waals surface area contributed by atoms with E-state index in [0.717, 1.165) is 10.8 Å². The molecule has 0 saturated heterocycles. The Morgan fingerprint density at radius 3 is 2.75 bits per heavy atom. The summed E-state index contributed by atoms with van der Waals surface area (Å²) < 4.78 is 5.69. The predicted molar refractivity (Wildman–Crippen MR) is 41.4 cm³/mol. The standard InChI is InChI=1S/C5H11IO2/c1-8-4-5(7)2-3-6/h5,7H,2-4H2,1H3/t5-/m0/s1. The van der Waals surface area contributed by atoms with Crippen LogP contribution < -0.4 is 0 Å². The summed E-state index contributed by atoms with van der Waals surface area (Å²) in [7, 11) is 1.59. The third kappa shape index (κ3) is 4.80. The molecule has 1 N–H and O–H groups in total. The number of alkyl halides is 1. The van der Waals surface area contributed by atoms with Gasteiger partial charge in [-0.3, -0.25) is 0 Å². The van der Waals surface area contributed by atoms with Crippen molar-refractivity contribution >= 4 is 22.6 Å². The van der Waals surface area contributed by atoms with E-state index in [4.69, 9.17) is 9.84 Å². The first-order chi connectivity index (χ1) is 3.81. The maximum Gasteiger partial charge on any atom is 0.0780 e. The van der Waals surface area contributed by atoms with E-state index in [1.807, 2.05) is 0 Å². The Morgan fingerprint density at radius 1 is 1.75 bits per heavy atom. The van der Waals surface area contributed by atoms with E-state index in [0.29, 0.717) is 6.61 Å². The van der Waals surface area contributed by atoms with Gasteiger partial charge in [-0.25, -0.2) is 0 Å². The van der Waals surface area contributed by atoms with Gasteiger partial charge in [0, 0.05) is 11.5 Å². The van der Waals surface area contributed by atoms with Crippen LogP contribution in [0.1, 0.15) is 6.42 Å². The third-order valence-electron chi connectivity index (χ3n) is 0.801. The van der Waals surface area contributed by atoms with Gasteiger partial charge in [0.25, 0.3) is 0 Å². The first kappa shape index (κ1) is 8.65. The third-order valence-corrected chi connectivity index (χ3v) is 1.42. The zero-order chi connectivity index (χ0) is 6.41. The van der Waals surface area contributed by atoms with Crippen molar-refractivity contribution in [1.82, 2.24) is 0 Å². The monoisotopic (exact) mass is 230 g/mol. The lowest BCUT2D eigenvalue weighted by atomic mass is 10.3. The Hall–Kier alpha value is 0.650. The normalized spacial score (nSPS) is 13.9. The quantitative estimate of drug-likeness (QED) is 0.572. The van der Waals surface area contributed by atoms with Crippen LogP contribution in [0.2, 0.25) is 0 Å². The van der Waals surface area contributed by atoms with Crippen LogP contribution in [0.25, 0.3) is 0 Å². The molecule has 0 aliphatic carbocycles. The van der Waals surface area contributed by atoms with E-state index in [-0.39, 0.29) is 6.10 Å². The van der Waals surface area contributed by atoms with E-state index in [1.165, 1.54) is 0 Å². The number of halogens is 1. The minimum atomic E-state index is -0.267. The fraction of sp³-hybridized carbons (Fsp3) is 1.00. The highest BCUT2D eigenvalue weighted by molar-refractivity contribution is 14.1. The van der Waals surface area contributed by atoms with Gasteiger partial charge in [-0.15, -0.1) is 0 Å². The highest BCUT2D eigenvalue weighted by Crippen LogP contribution is 1.95. The van der Waals surface area contributed by atoms with Crippen molar-refractivity contribution in [1.29, 1.82) is 0 Å². The number of rotatable bonds is 4. The first-order valence-electron chi connectivity index (χ1n) is 2.54. The van der Waals surface area contributed by atoms with Crippen molar-refractivity contribution in [3.05, 3.63) is 0 Å². The van der Waals surface area contributed by atoms with Crippen LogP contribution in [0.5, 0.6) is 0 Å². The molecule has 2 nitrogen and oxygen atoms in total. The zero-order valence-electron chi connectivity index (χ0n) is 4.93. The fourth-order valence-electron chi connectivity index (χ4n) is 0.402. The van der Waals surface area contributed by atoms with Crippen LogP contribution in [0.15, 0.2) is 0 Å². The molecule has 1 atom stereocenters. The molecule has 0 aliphatic rings. The summed E-state index contributed by atoms with van der Waals surface area (Å²) >= 11 is 2.23. The van der Waals surface area contributed by atoms with Gasteiger partial charge < -0.3 is 9.84 Å². The molecule has 0 spiro atoms. The fourth-order valence-corrected chi connectivity index (χ4v) is 1.12. The largest absolute Gasteiger partial charge is 0.391 e. The van der Waals surface area contributed by atoms with Gasteiger partial charge in [-0.2, -0.15) is 0 Å². The highest BCUT2D eigenvalue weighted by Gasteiger charge is 1.99. The molecule has 0 aromatic carbocycles. The highest BCUT2D eigenvalue weighted by atomic mass is 127. The molecule has 0 radical (unpaired) electrons. The van der Waals surface area contributed by atoms with Crippen molar-refractivity contribution in [3.63, 3.8) is 0 Å². The Morgan fingerprint density at radius 2 is 2.38 bits per heavy atom. The molecule has 0 rings (SSSR count). The van der Waals surface area contributed by atoms with E-state index < -0.39 is 0 Å². The SMILES string of the molecule is COC[C@@H](O)CCI. The van der Waals surface area contributed by atoms with Gasteiger partial charge in [0.2, 0.25) is 0 Å². The molecule has 0 aromatic rings. The van der Waals surface area contributed by atoms with Gasteiger partial charge in [-0.05, 0) is 6.42 Å². The van der Waals surface area contributed by atoms with Gasteiger partial charge in [0.15, 0.2) is 0 Å². The number of methoxy groups -OCH3 is 1. The number of aliphatic hydroxyl groups excluding tert-OH is 1. The van der Waals surface area contributed by atoms with Crippen molar-refractivity contribution < 1.29 is 9.84 Å². The summed E-state index contributed by atoms with van der Waals surface area (Å²) in [6, 6.07) is 0. The average Bonchev–Trinajstić information content (AvgIpc) is 1.68. The van der Waals surface area contributed by atoms with Crippen LogP contribution in [-0.4, -0.2) is 29.4 Å². The summed E-state index contributed by atoms with van der Waals surface area (Å²) in [5, 5.41) is 8.92. The smallest absolute Gasteiger partial charge is 0.0780 e. The molecule has 3 heteroatoms. The molecule has 0 amide bonds. The Bertz CT molecular complexity index is 43.7. The molecule has 0 heterocycles. The Kier molecular flexibility index (Phi) is 6.25. The van der Waals surface area contributed by atoms with Gasteiger partial charge in [0.05, 0.1) is 12.7 Å². The number of aliphatic hydroxyl groups is 1. The average molecular weight is 230 g/mol. The topological polar surface area (TPSA) is 29.5 Å². The number of hydrogen-bond acceptors (Lipinski definition) is 2. The van der Waals surface area contributed by atoms with Crippen LogP contribution in [-0.2, 0) is 4.74 Å². The molecule has 0 fully saturated rings. The van der Waals surface area contributed by atoms with Crippen LogP contribution in [0.3, 0.4) is 0 Å². The molecule has 0 aromatic heterocycles. The summed E-state index contributed by atoms with van der Waals surface area (Å²) in [5.41, 5.74) is 0. The first-order valence-corrected chi connectivity index (χ1v) is 4.06. The molecule has 50 valence electrons. The summed E-state index contributed by atoms with van der Waals surface area (Å²) in [5.74, 6) is 0.